The molecule has 0 bridgehead atoms. The molecule has 0 unspecified atom stereocenters. The highest BCUT2D eigenvalue weighted by Gasteiger charge is 2.62. The van der Waals surface area contributed by atoms with Gasteiger partial charge in [-0.2, -0.15) is 0 Å². The van der Waals surface area contributed by atoms with Crippen LogP contribution < -0.4 is 11.2 Å². The molecule has 12 heteroatoms. The van der Waals surface area contributed by atoms with Crippen LogP contribution in [0, 0.1) is 5.41 Å². The first-order valence-electron chi connectivity index (χ1n) is 13.1. The molecule has 218 valence electrons. The van der Waals surface area contributed by atoms with Crippen LogP contribution in [0.5, 0.6) is 0 Å². The highest BCUT2D eigenvalue weighted by Crippen LogP contribution is 2.47. The summed E-state index contributed by atoms with van der Waals surface area (Å²) in [5.41, 5.74) is -2.22. The van der Waals surface area contributed by atoms with Crippen molar-refractivity contribution in [2.24, 2.45) is 5.41 Å². The third kappa shape index (κ3) is 6.80. The van der Waals surface area contributed by atoms with Gasteiger partial charge in [0.1, 0.15) is 10.9 Å². The first kappa shape index (κ1) is 33.2. The number of halogens is 1. The minimum absolute atomic E-state index is 0.0408. The van der Waals surface area contributed by atoms with Crippen LogP contribution in [0.2, 0.25) is 36.3 Å². The van der Waals surface area contributed by atoms with Crippen molar-refractivity contribution in [3.05, 3.63) is 33.1 Å². The van der Waals surface area contributed by atoms with Gasteiger partial charge in [-0.15, -0.1) is 0 Å². The van der Waals surface area contributed by atoms with E-state index in [-0.39, 0.29) is 16.7 Å². The van der Waals surface area contributed by atoms with E-state index >= 15 is 0 Å². The van der Waals surface area contributed by atoms with E-state index in [9.17, 15) is 14.4 Å². The molecule has 1 aliphatic heterocycles. The largest absolute Gasteiger partial charge is 0.414 e. The molecule has 1 aromatic rings. The van der Waals surface area contributed by atoms with Crippen molar-refractivity contribution in [3.63, 3.8) is 0 Å². The SMILES string of the molecule is CC(C)(C)C(=O)O[C@]1(n2ccc(=O)[nH]c2=O)O[C@H](CO[Si](C)(C)C(C)(C)C)[C@@H](O[Si](C)(C)C(C)(C)C)[C@@H]1Br. The van der Waals surface area contributed by atoms with E-state index in [1.807, 2.05) is 0 Å². The fourth-order valence-corrected chi connectivity index (χ4v) is 6.71. The summed E-state index contributed by atoms with van der Waals surface area (Å²) in [5.74, 6) is -2.49. The van der Waals surface area contributed by atoms with Crippen molar-refractivity contribution in [3.8, 4) is 0 Å². The number of hydrogen-bond donors (Lipinski definition) is 1. The fraction of sp³-hybridized carbons (Fsp3) is 0.808. The summed E-state index contributed by atoms with van der Waals surface area (Å²) in [6.45, 7) is 26.8. The average Bonchev–Trinajstić information content (AvgIpc) is 2.95. The zero-order valence-electron chi connectivity index (χ0n) is 25.3. The number of hydrogen-bond acceptors (Lipinski definition) is 7. The summed E-state index contributed by atoms with van der Waals surface area (Å²) >= 11 is 3.73. The van der Waals surface area contributed by atoms with Crippen molar-refractivity contribution in [1.29, 1.82) is 0 Å². The molecule has 4 atom stereocenters. The molecule has 1 aromatic heterocycles. The number of esters is 1. The smallest absolute Gasteiger partial charge is 0.333 e. The van der Waals surface area contributed by atoms with Crippen LogP contribution in [0.3, 0.4) is 0 Å². The van der Waals surface area contributed by atoms with Gasteiger partial charge >= 0.3 is 17.6 Å². The van der Waals surface area contributed by atoms with Crippen LogP contribution >= 0.6 is 15.9 Å². The number of aromatic amines is 1. The molecule has 38 heavy (non-hydrogen) atoms. The Kier molecular flexibility index (Phi) is 9.36. The molecule has 0 amide bonds. The molecule has 0 spiro atoms. The number of nitrogens with zero attached hydrogens (tertiary/aromatic N) is 1. The number of alkyl halides is 1. The second kappa shape index (κ2) is 10.7. The monoisotopic (exact) mass is 634 g/mol. The number of ether oxygens (including phenoxy) is 2. The second-order valence-electron chi connectivity index (χ2n) is 14.2. The number of aromatic nitrogens is 2. The number of nitrogens with one attached hydrogen (secondary N) is 1. The van der Waals surface area contributed by atoms with Crippen LogP contribution in [-0.4, -0.2) is 55.8 Å². The Labute approximate surface area is 237 Å². The maximum atomic E-state index is 13.3. The van der Waals surface area contributed by atoms with E-state index in [1.54, 1.807) is 20.8 Å². The van der Waals surface area contributed by atoms with E-state index in [4.69, 9.17) is 18.3 Å². The van der Waals surface area contributed by atoms with E-state index in [1.165, 1.54) is 12.3 Å². The Hall–Kier alpha value is -1.06. The lowest BCUT2D eigenvalue weighted by molar-refractivity contribution is -0.275. The Morgan fingerprint density at radius 2 is 1.55 bits per heavy atom. The number of carbonyl (C=O) groups is 1. The Morgan fingerprint density at radius 1 is 1.03 bits per heavy atom. The molecular weight excluding hydrogens is 588 g/mol. The molecule has 0 radical (unpaired) electrons. The van der Waals surface area contributed by atoms with Gasteiger partial charge in [-0.3, -0.25) is 14.6 Å². The minimum atomic E-state index is -2.37. The lowest BCUT2D eigenvalue weighted by Gasteiger charge is -2.41. The van der Waals surface area contributed by atoms with Gasteiger partial charge in [0, 0.05) is 12.3 Å². The summed E-state index contributed by atoms with van der Waals surface area (Å²) in [6.07, 6.45) is -0.00673. The van der Waals surface area contributed by atoms with E-state index < -0.39 is 62.2 Å². The Bertz CT molecular complexity index is 1130. The lowest BCUT2D eigenvalue weighted by atomic mass is 9.97. The van der Waals surface area contributed by atoms with Crippen molar-refractivity contribution in [1.82, 2.24) is 9.55 Å². The summed E-state index contributed by atoms with van der Waals surface area (Å²) in [7, 11) is -4.56. The Balaban J connectivity index is 2.70. The zero-order valence-corrected chi connectivity index (χ0v) is 28.9. The van der Waals surface area contributed by atoms with Crippen molar-refractivity contribution >= 4 is 38.5 Å². The third-order valence-electron chi connectivity index (χ3n) is 7.99. The zero-order chi connectivity index (χ0) is 29.7. The molecule has 0 saturated carbocycles. The topological polar surface area (TPSA) is 109 Å². The van der Waals surface area contributed by atoms with E-state index in [2.05, 4.69) is 88.6 Å². The molecule has 1 aliphatic rings. The van der Waals surface area contributed by atoms with Gasteiger partial charge in [0.05, 0.1) is 18.1 Å². The molecule has 1 N–H and O–H groups in total. The number of rotatable bonds is 7. The minimum Gasteiger partial charge on any atom is -0.414 e. The third-order valence-corrected chi connectivity index (χ3v) is 18.1. The van der Waals surface area contributed by atoms with Crippen LogP contribution in [0.1, 0.15) is 62.3 Å². The number of H-pyrrole nitrogens is 1. The summed E-state index contributed by atoms with van der Waals surface area (Å²) < 4.78 is 27.2. The van der Waals surface area contributed by atoms with Crippen molar-refractivity contribution < 1.29 is 23.1 Å². The van der Waals surface area contributed by atoms with Crippen LogP contribution in [0.4, 0.5) is 0 Å². The van der Waals surface area contributed by atoms with E-state index in [0.717, 1.165) is 4.57 Å². The molecule has 9 nitrogen and oxygen atoms in total. The maximum absolute atomic E-state index is 13.3. The van der Waals surface area contributed by atoms with Crippen molar-refractivity contribution in [2.75, 3.05) is 6.61 Å². The predicted octanol–water partition coefficient (Wildman–Crippen LogP) is 5.31. The molecule has 0 aliphatic carbocycles. The van der Waals surface area contributed by atoms with Gasteiger partial charge in [0.15, 0.2) is 16.6 Å². The summed E-state index contributed by atoms with van der Waals surface area (Å²) in [5, 5.41) is -0.159. The van der Waals surface area contributed by atoms with Gasteiger partial charge in [-0.1, -0.05) is 57.5 Å². The van der Waals surface area contributed by atoms with Gasteiger partial charge in [-0.05, 0) is 57.0 Å². The second-order valence-corrected chi connectivity index (χ2v) is 24.8. The average molecular weight is 636 g/mol. The molecule has 1 fully saturated rings. The standard InChI is InChI=1S/C26H47BrN2O7Si2/c1-23(2,3)21(31)35-26(29-15-14-18(30)28-22(29)32)20(27)19(36-38(12,13)25(7,8)9)17(34-26)16-33-37(10,11)24(4,5)6/h14-15,17,19-20H,16H2,1-13H3,(H,28,30,32)/t17-,19-,20+,26-/m1/s1. The molecule has 0 aromatic carbocycles. The van der Waals surface area contributed by atoms with Gasteiger partial charge in [0.2, 0.25) is 0 Å². The fourth-order valence-electron chi connectivity index (χ4n) is 3.30. The van der Waals surface area contributed by atoms with Gasteiger partial charge in [-0.25, -0.2) is 9.36 Å². The normalized spacial score (nSPS) is 25.5. The predicted molar refractivity (Wildman–Crippen MR) is 158 cm³/mol. The first-order valence-corrected chi connectivity index (χ1v) is 19.8. The van der Waals surface area contributed by atoms with Crippen LogP contribution in [0.25, 0.3) is 0 Å². The molecule has 1 saturated heterocycles. The molecule has 2 rings (SSSR count). The maximum Gasteiger partial charge on any atom is 0.333 e. The lowest BCUT2D eigenvalue weighted by Crippen LogP contribution is -2.54. The van der Waals surface area contributed by atoms with Gasteiger partial charge in [0.25, 0.3) is 5.56 Å². The summed E-state index contributed by atoms with van der Waals surface area (Å²) in [4.78, 5) is 39.7. The highest BCUT2D eigenvalue weighted by atomic mass is 79.9. The van der Waals surface area contributed by atoms with Gasteiger partial charge < -0.3 is 18.3 Å². The number of carbonyl (C=O) groups excluding carboxylic acids is 1. The van der Waals surface area contributed by atoms with Crippen molar-refractivity contribution in [2.45, 2.75) is 122 Å². The first-order chi connectivity index (χ1) is 16.9. The highest BCUT2D eigenvalue weighted by molar-refractivity contribution is 9.09. The van der Waals surface area contributed by atoms with Crippen LogP contribution in [-0.2, 0) is 29.0 Å². The molecular formula is C26H47BrN2O7Si2. The summed E-state index contributed by atoms with van der Waals surface area (Å²) in [6, 6.07) is 1.19. The Morgan fingerprint density at radius 3 is 2.00 bits per heavy atom. The van der Waals surface area contributed by atoms with Crippen LogP contribution in [0.15, 0.2) is 21.9 Å². The van der Waals surface area contributed by atoms with E-state index in [0.29, 0.717) is 0 Å². The quantitative estimate of drug-likeness (QED) is 0.246. The molecule has 2 heterocycles.